The molecule has 0 saturated heterocycles. The van der Waals surface area contributed by atoms with E-state index in [2.05, 4.69) is 0 Å². The third-order valence-electron chi connectivity index (χ3n) is 3.82. The first-order valence-corrected chi connectivity index (χ1v) is 10.0. The van der Waals surface area contributed by atoms with Crippen LogP contribution in [0.25, 0.3) is 0 Å². The second kappa shape index (κ2) is 8.17. The zero-order valence-corrected chi connectivity index (χ0v) is 14.9. The van der Waals surface area contributed by atoms with Crippen LogP contribution in [-0.2, 0) is 23.0 Å². The Hall–Kier alpha value is -0.560. The van der Waals surface area contributed by atoms with Crippen LogP contribution in [0.2, 0.25) is 0 Å². The van der Waals surface area contributed by atoms with E-state index in [1.165, 1.54) is 4.31 Å². The fourth-order valence-corrected chi connectivity index (χ4v) is 4.19. The van der Waals surface area contributed by atoms with Crippen molar-refractivity contribution in [3.63, 3.8) is 0 Å². The summed E-state index contributed by atoms with van der Waals surface area (Å²) in [5, 5.41) is 0. The van der Waals surface area contributed by atoms with Crippen molar-refractivity contribution in [3.8, 4) is 0 Å². The van der Waals surface area contributed by atoms with Crippen LogP contribution in [0.5, 0.6) is 0 Å². The van der Waals surface area contributed by atoms with Gasteiger partial charge >= 0.3 is 0 Å². The molecule has 0 fully saturated rings. The minimum atomic E-state index is -3.46. The molecule has 0 spiro atoms. The summed E-state index contributed by atoms with van der Waals surface area (Å²) in [6.07, 6.45) is 3.72. The molecule has 1 aromatic rings. The minimum absolute atomic E-state index is 0.0189. The smallest absolute Gasteiger partial charge is 0.243 e. The number of aryl methyl sites for hydroxylation is 1. The molecule has 1 atom stereocenters. The summed E-state index contributed by atoms with van der Waals surface area (Å²) in [5.74, 6) is 0.948. The van der Waals surface area contributed by atoms with Crippen LogP contribution in [0.3, 0.4) is 0 Å². The maximum absolute atomic E-state index is 12.7. The van der Waals surface area contributed by atoms with Gasteiger partial charge in [0.2, 0.25) is 10.0 Å². The average Bonchev–Trinajstić information content (AvgIpc) is 2.50. The summed E-state index contributed by atoms with van der Waals surface area (Å²) in [5.41, 5.74) is 7.74. The third-order valence-corrected chi connectivity index (χ3v) is 6.43. The van der Waals surface area contributed by atoms with E-state index in [0.717, 1.165) is 29.7 Å². The van der Waals surface area contributed by atoms with Gasteiger partial charge in [-0.25, -0.2) is 8.42 Å². The van der Waals surface area contributed by atoms with E-state index in [4.69, 9.17) is 5.73 Å². The molecule has 0 bridgehead atoms. The maximum Gasteiger partial charge on any atom is 0.243 e. The molecule has 0 aromatic heterocycles. The van der Waals surface area contributed by atoms with E-state index in [1.807, 2.05) is 26.2 Å². The van der Waals surface area contributed by atoms with Crippen molar-refractivity contribution < 1.29 is 8.42 Å². The molecule has 6 heteroatoms. The molecule has 0 radical (unpaired) electrons. The lowest BCUT2D eigenvalue weighted by atomic mass is 10.1. The van der Waals surface area contributed by atoms with E-state index in [0.29, 0.717) is 11.4 Å². The van der Waals surface area contributed by atoms with Crippen molar-refractivity contribution in [1.82, 2.24) is 4.31 Å². The second-order valence-electron chi connectivity index (χ2n) is 5.14. The van der Waals surface area contributed by atoms with E-state index in [1.54, 1.807) is 30.9 Å². The van der Waals surface area contributed by atoms with E-state index in [-0.39, 0.29) is 6.04 Å². The van der Waals surface area contributed by atoms with Crippen molar-refractivity contribution in [2.75, 3.05) is 19.1 Å². The predicted octanol–water partition coefficient (Wildman–Crippen LogP) is 2.47. The number of nitrogens with zero attached hydrogens (tertiary/aromatic N) is 1. The van der Waals surface area contributed by atoms with Gasteiger partial charge in [-0.2, -0.15) is 16.1 Å². The van der Waals surface area contributed by atoms with Crippen LogP contribution in [0.1, 0.15) is 31.4 Å². The van der Waals surface area contributed by atoms with Crippen molar-refractivity contribution >= 4 is 21.8 Å². The fraction of sp³-hybridized carbons (Fsp3) is 0.600. The van der Waals surface area contributed by atoms with Gasteiger partial charge in [-0.05, 0) is 55.0 Å². The largest absolute Gasteiger partial charge is 0.326 e. The Morgan fingerprint density at radius 1 is 1.33 bits per heavy atom. The average molecular weight is 331 g/mol. The molecule has 21 heavy (non-hydrogen) atoms. The third kappa shape index (κ3) is 4.45. The first-order valence-electron chi connectivity index (χ1n) is 7.17. The molecular formula is C15H26N2O2S2. The number of rotatable bonds is 8. The highest BCUT2D eigenvalue weighted by Gasteiger charge is 2.25. The molecule has 0 saturated carbocycles. The summed E-state index contributed by atoms with van der Waals surface area (Å²) in [4.78, 5) is 0.332. The van der Waals surface area contributed by atoms with Gasteiger partial charge < -0.3 is 5.73 Å². The summed E-state index contributed by atoms with van der Waals surface area (Å²) in [6.45, 7) is 4.34. The Morgan fingerprint density at radius 2 is 2.00 bits per heavy atom. The van der Waals surface area contributed by atoms with Gasteiger partial charge in [-0.1, -0.05) is 13.0 Å². The van der Waals surface area contributed by atoms with Crippen molar-refractivity contribution in [3.05, 3.63) is 29.3 Å². The fourth-order valence-electron chi connectivity index (χ4n) is 2.17. The lowest BCUT2D eigenvalue weighted by Crippen LogP contribution is -2.35. The standard InChI is InChI=1S/C15H26N2O2S2/c1-5-13-6-7-15(10-14(13)11-16)21(18,19)17(3)12(2)8-9-20-4/h6-7,10,12H,5,8-9,11,16H2,1-4H3. The Labute approximate surface area is 133 Å². The molecule has 120 valence electrons. The quantitative estimate of drug-likeness (QED) is 0.795. The number of thioether (sulfide) groups is 1. The Kier molecular flexibility index (Phi) is 7.20. The van der Waals surface area contributed by atoms with Gasteiger partial charge in [-0.15, -0.1) is 0 Å². The molecule has 2 N–H and O–H groups in total. The summed E-state index contributed by atoms with van der Waals surface area (Å²) in [6, 6.07) is 5.25. The number of nitrogens with two attached hydrogens (primary N) is 1. The summed E-state index contributed by atoms with van der Waals surface area (Å²) >= 11 is 1.73. The molecule has 0 amide bonds. The summed E-state index contributed by atoms with van der Waals surface area (Å²) < 4.78 is 26.8. The van der Waals surface area contributed by atoms with E-state index < -0.39 is 10.0 Å². The molecule has 0 aliphatic heterocycles. The molecule has 4 nitrogen and oxygen atoms in total. The highest BCUT2D eigenvalue weighted by molar-refractivity contribution is 7.98. The van der Waals surface area contributed by atoms with Crippen LogP contribution in [-0.4, -0.2) is 37.8 Å². The minimum Gasteiger partial charge on any atom is -0.326 e. The molecule has 0 aliphatic rings. The molecule has 1 unspecified atom stereocenters. The van der Waals surface area contributed by atoms with Crippen LogP contribution < -0.4 is 5.73 Å². The first kappa shape index (κ1) is 18.5. The van der Waals surface area contributed by atoms with Gasteiger partial charge in [0, 0.05) is 19.6 Å². The predicted molar refractivity (Wildman–Crippen MR) is 91.1 cm³/mol. The van der Waals surface area contributed by atoms with Gasteiger partial charge in [0.25, 0.3) is 0 Å². The van der Waals surface area contributed by atoms with E-state index >= 15 is 0 Å². The zero-order valence-electron chi connectivity index (χ0n) is 13.3. The molecule has 1 rings (SSSR count). The van der Waals surface area contributed by atoms with Crippen LogP contribution in [0.4, 0.5) is 0 Å². The van der Waals surface area contributed by atoms with Crippen molar-refractivity contribution in [1.29, 1.82) is 0 Å². The Bertz CT molecular complexity index is 559. The lowest BCUT2D eigenvalue weighted by molar-refractivity contribution is 0.382. The van der Waals surface area contributed by atoms with Crippen molar-refractivity contribution in [2.24, 2.45) is 5.73 Å². The molecule has 0 heterocycles. The monoisotopic (exact) mass is 330 g/mol. The maximum atomic E-state index is 12.7. The van der Waals surface area contributed by atoms with E-state index in [9.17, 15) is 8.42 Å². The molecule has 0 aliphatic carbocycles. The Morgan fingerprint density at radius 3 is 2.52 bits per heavy atom. The Balaban J connectivity index is 3.07. The number of sulfonamides is 1. The molecule has 1 aromatic carbocycles. The normalized spacial score (nSPS) is 13.6. The molecular weight excluding hydrogens is 304 g/mol. The van der Waals surface area contributed by atoms with Gasteiger partial charge in [0.1, 0.15) is 0 Å². The number of hydrogen-bond donors (Lipinski definition) is 1. The van der Waals surface area contributed by atoms with Gasteiger partial charge in [0.15, 0.2) is 0 Å². The van der Waals surface area contributed by atoms with Crippen LogP contribution in [0.15, 0.2) is 23.1 Å². The topological polar surface area (TPSA) is 63.4 Å². The number of hydrogen-bond acceptors (Lipinski definition) is 4. The zero-order chi connectivity index (χ0) is 16.0. The van der Waals surface area contributed by atoms with Crippen molar-refractivity contribution in [2.45, 2.75) is 44.2 Å². The first-order chi connectivity index (χ1) is 9.88. The SMILES string of the molecule is CCc1ccc(S(=O)(=O)N(C)C(C)CCSC)cc1CN. The highest BCUT2D eigenvalue weighted by Crippen LogP contribution is 2.22. The van der Waals surface area contributed by atoms with Crippen LogP contribution >= 0.6 is 11.8 Å². The van der Waals surface area contributed by atoms with Gasteiger partial charge in [-0.3, -0.25) is 0 Å². The highest BCUT2D eigenvalue weighted by atomic mass is 32.2. The van der Waals surface area contributed by atoms with Gasteiger partial charge in [0.05, 0.1) is 4.90 Å². The number of benzene rings is 1. The second-order valence-corrected chi connectivity index (χ2v) is 8.12. The van der Waals surface area contributed by atoms with Crippen LogP contribution in [0, 0.1) is 0 Å². The summed E-state index contributed by atoms with van der Waals surface area (Å²) in [7, 11) is -1.81. The lowest BCUT2D eigenvalue weighted by Gasteiger charge is -2.24.